The minimum Gasteiger partial charge on any atom is -0.394 e. The molecule has 3 rings (SSSR count). The van der Waals surface area contributed by atoms with Crippen LogP contribution in [0, 0.1) is 13.8 Å². The van der Waals surface area contributed by atoms with Crippen LogP contribution in [0.5, 0.6) is 0 Å². The van der Waals surface area contributed by atoms with E-state index in [0.29, 0.717) is 12.1 Å². The molecule has 0 saturated carbocycles. The zero-order valence-electron chi connectivity index (χ0n) is 12.2. The number of para-hydroxylation sites is 1. The van der Waals surface area contributed by atoms with Crippen LogP contribution in [-0.4, -0.2) is 40.1 Å². The van der Waals surface area contributed by atoms with E-state index in [1.807, 2.05) is 50.3 Å². The maximum absolute atomic E-state index is 12.8. The molecular formula is C17H18N2O2. The van der Waals surface area contributed by atoms with Crippen LogP contribution in [0.4, 0.5) is 0 Å². The Bertz CT molecular complexity index is 737. The summed E-state index contributed by atoms with van der Waals surface area (Å²) in [6, 6.07) is 7.47. The maximum atomic E-state index is 12.8. The number of amides is 1. The van der Waals surface area contributed by atoms with Gasteiger partial charge >= 0.3 is 0 Å². The molecule has 1 N–H and O–H groups in total. The molecule has 1 atom stereocenters. The highest BCUT2D eigenvalue weighted by molar-refractivity contribution is 6.07. The van der Waals surface area contributed by atoms with E-state index >= 15 is 0 Å². The first-order valence-corrected chi connectivity index (χ1v) is 7.07. The number of nitrogens with zero attached hydrogens (tertiary/aromatic N) is 2. The Morgan fingerprint density at radius 3 is 3.00 bits per heavy atom. The zero-order chi connectivity index (χ0) is 15.0. The molecule has 2 heterocycles. The number of pyridine rings is 1. The molecule has 0 spiro atoms. The standard InChI is InChI=1S/C17H18N2O2/c1-11-5-3-7-14-15(9-12(2)18-16(11)14)17(21)19-8-4-6-13(19)10-20/h3-7,9,13,20H,8,10H2,1-2H3/t13-/m0/s1. The molecule has 0 saturated heterocycles. The van der Waals surface area contributed by atoms with Gasteiger partial charge in [-0.1, -0.05) is 30.4 Å². The Hall–Kier alpha value is -2.20. The smallest absolute Gasteiger partial charge is 0.255 e. The van der Waals surface area contributed by atoms with Crippen molar-refractivity contribution in [3.63, 3.8) is 0 Å². The van der Waals surface area contributed by atoms with Crippen molar-refractivity contribution in [2.45, 2.75) is 19.9 Å². The van der Waals surface area contributed by atoms with Gasteiger partial charge in [-0.15, -0.1) is 0 Å². The van der Waals surface area contributed by atoms with Gasteiger partial charge in [0.2, 0.25) is 0 Å². The molecule has 1 aliphatic heterocycles. The molecule has 0 aliphatic carbocycles. The molecule has 4 heteroatoms. The number of hydrogen-bond acceptors (Lipinski definition) is 3. The second kappa shape index (κ2) is 5.30. The van der Waals surface area contributed by atoms with Crippen molar-refractivity contribution >= 4 is 16.8 Å². The summed E-state index contributed by atoms with van der Waals surface area (Å²) in [5.74, 6) is -0.0554. The summed E-state index contributed by atoms with van der Waals surface area (Å²) in [6.45, 7) is 4.38. The normalized spacial score (nSPS) is 17.7. The van der Waals surface area contributed by atoms with Crippen LogP contribution in [0.25, 0.3) is 10.9 Å². The van der Waals surface area contributed by atoms with Gasteiger partial charge < -0.3 is 10.0 Å². The van der Waals surface area contributed by atoms with Gasteiger partial charge in [-0.25, -0.2) is 0 Å². The third-order valence-electron chi connectivity index (χ3n) is 3.91. The number of carbonyl (C=O) groups is 1. The second-order valence-electron chi connectivity index (χ2n) is 5.42. The lowest BCUT2D eigenvalue weighted by molar-refractivity contribution is 0.0702. The number of aliphatic hydroxyl groups excluding tert-OH is 1. The molecule has 0 fully saturated rings. The first-order chi connectivity index (χ1) is 10.1. The van der Waals surface area contributed by atoms with Gasteiger partial charge in [-0.2, -0.15) is 0 Å². The third-order valence-corrected chi connectivity index (χ3v) is 3.91. The number of rotatable bonds is 2. The molecule has 108 valence electrons. The molecule has 1 aromatic carbocycles. The lowest BCUT2D eigenvalue weighted by Gasteiger charge is -2.24. The molecule has 0 unspecified atom stereocenters. The highest BCUT2D eigenvalue weighted by Gasteiger charge is 2.26. The van der Waals surface area contributed by atoms with Crippen LogP contribution in [0.3, 0.4) is 0 Å². The van der Waals surface area contributed by atoms with Crippen molar-refractivity contribution in [2.24, 2.45) is 0 Å². The summed E-state index contributed by atoms with van der Waals surface area (Å²) < 4.78 is 0. The molecule has 1 aromatic heterocycles. The van der Waals surface area contributed by atoms with Gasteiger partial charge in [-0.05, 0) is 25.5 Å². The number of aliphatic hydroxyl groups is 1. The van der Waals surface area contributed by atoms with Gasteiger partial charge in [0.1, 0.15) is 0 Å². The summed E-state index contributed by atoms with van der Waals surface area (Å²) in [4.78, 5) is 19.1. The first kappa shape index (κ1) is 13.8. The van der Waals surface area contributed by atoms with E-state index in [1.54, 1.807) is 4.90 Å². The van der Waals surface area contributed by atoms with Crippen molar-refractivity contribution in [1.82, 2.24) is 9.88 Å². The van der Waals surface area contributed by atoms with E-state index < -0.39 is 0 Å². The summed E-state index contributed by atoms with van der Waals surface area (Å²) >= 11 is 0. The summed E-state index contributed by atoms with van der Waals surface area (Å²) in [7, 11) is 0. The monoisotopic (exact) mass is 282 g/mol. The van der Waals surface area contributed by atoms with Crippen molar-refractivity contribution in [3.05, 3.63) is 53.2 Å². The van der Waals surface area contributed by atoms with Gasteiger partial charge in [0, 0.05) is 17.6 Å². The fraction of sp³-hybridized carbons (Fsp3) is 0.294. The molecule has 0 radical (unpaired) electrons. The molecular weight excluding hydrogens is 264 g/mol. The fourth-order valence-electron chi connectivity index (χ4n) is 2.82. The summed E-state index contributed by atoms with van der Waals surface area (Å²) in [5.41, 5.74) is 3.41. The Morgan fingerprint density at radius 2 is 2.24 bits per heavy atom. The van der Waals surface area contributed by atoms with E-state index in [4.69, 9.17) is 0 Å². The second-order valence-corrected chi connectivity index (χ2v) is 5.42. The van der Waals surface area contributed by atoms with Gasteiger partial charge in [0.15, 0.2) is 0 Å². The topological polar surface area (TPSA) is 53.4 Å². The lowest BCUT2D eigenvalue weighted by atomic mass is 10.0. The molecule has 1 aliphatic rings. The van der Waals surface area contributed by atoms with E-state index in [9.17, 15) is 9.90 Å². The number of aromatic nitrogens is 1. The quantitative estimate of drug-likeness (QED) is 0.859. The predicted octanol–water partition coefficient (Wildman–Crippen LogP) is 2.22. The largest absolute Gasteiger partial charge is 0.394 e. The summed E-state index contributed by atoms with van der Waals surface area (Å²) in [5, 5.41) is 10.3. The highest BCUT2D eigenvalue weighted by Crippen LogP contribution is 2.24. The van der Waals surface area contributed by atoms with Crippen LogP contribution in [-0.2, 0) is 0 Å². The number of fused-ring (bicyclic) bond motifs is 1. The third kappa shape index (κ3) is 2.32. The summed E-state index contributed by atoms with van der Waals surface area (Å²) in [6.07, 6.45) is 3.79. The Balaban J connectivity index is 2.12. The van der Waals surface area contributed by atoms with Crippen molar-refractivity contribution < 1.29 is 9.90 Å². The van der Waals surface area contributed by atoms with Crippen LogP contribution in [0.1, 0.15) is 21.6 Å². The van der Waals surface area contributed by atoms with Crippen molar-refractivity contribution in [3.8, 4) is 0 Å². The number of carbonyl (C=O) groups excluding carboxylic acids is 1. The Labute approximate surface area is 123 Å². The van der Waals surface area contributed by atoms with Crippen LogP contribution >= 0.6 is 0 Å². The van der Waals surface area contributed by atoms with Crippen molar-refractivity contribution in [1.29, 1.82) is 0 Å². The van der Waals surface area contributed by atoms with Gasteiger partial charge in [-0.3, -0.25) is 9.78 Å². The van der Waals surface area contributed by atoms with E-state index in [2.05, 4.69) is 4.98 Å². The average Bonchev–Trinajstić information content (AvgIpc) is 2.95. The molecule has 21 heavy (non-hydrogen) atoms. The number of benzene rings is 1. The zero-order valence-corrected chi connectivity index (χ0v) is 12.2. The minimum atomic E-state index is -0.231. The van der Waals surface area contributed by atoms with Crippen LogP contribution in [0.15, 0.2) is 36.4 Å². The number of hydrogen-bond donors (Lipinski definition) is 1. The average molecular weight is 282 g/mol. The van der Waals surface area contributed by atoms with Crippen LogP contribution in [0.2, 0.25) is 0 Å². The van der Waals surface area contributed by atoms with Gasteiger partial charge in [0.25, 0.3) is 5.91 Å². The molecule has 1 amide bonds. The fourth-order valence-corrected chi connectivity index (χ4v) is 2.82. The number of aryl methyl sites for hydroxylation is 2. The van der Waals surface area contributed by atoms with E-state index in [-0.39, 0.29) is 18.6 Å². The molecule has 0 bridgehead atoms. The lowest BCUT2D eigenvalue weighted by Crippen LogP contribution is -2.38. The predicted molar refractivity (Wildman–Crippen MR) is 82.3 cm³/mol. The molecule has 4 nitrogen and oxygen atoms in total. The Kier molecular flexibility index (Phi) is 3.47. The highest BCUT2D eigenvalue weighted by atomic mass is 16.3. The van der Waals surface area contributed by atoms with E-state index in [1.165, 1.54) is 0 Å². The maximum Gasteiger partial charge on any atom is 0.255 e. The first-order valence-electron chi connectivity index (χ1n) is 7.07. The Morgan fingerprint density at radius 1 is 1.43 bits per heavy atom. The van der Waals surface area contributed by atoms with Crippen LogP contribution < -0.4 is 0 Å². The van der Waals surface area contributed by atoms with Gasteiger partial charge in [0.05, 0.1) is 23.7 Å². The SMILES string of the molecule is Cc1cc(C(=O)N2CC=C[C@H]2CO)c2cccc(C)c2n1. The van der Waals surface area contributed by atoms with Crippen molar-refractivity contribution in [2.75, 3.05) is 13.2 Å². The molecule has 2 aromatic rings. The van der Waals surface area contributed by atoms with E-state index in [0.717, 1.165) is 22.2 Å². The minimum absolute atomic E-state index is 0.0523.